The molecular formula is C15H22N2O3S. The molecule has 1 aromatic heterocycles. The van der Waals surface area contributed by atoms with Gasteiger partial charge in [-0.05, 0) is 26.0 Å². The molecule has 1 unspecified atom stereocenters. The fourth-order valence-electron chi connectivity index (χ4n) is 1.87. The number of rotatable bonds is 7. The van der Waals surface area contributed by atoms with E-state index in [-0.39, 0.29) is 17.1 Å². The molecule has 1 rings (SSSR count). The number of hydrogen-bond acceptors (Lipinski definition) is 5. The molecule has 5 nitrogen and oxygen atoms in total. The summed E-state index contributed by atoms with van der Waals surface area (Å²) < 4.78 is 4.66. The van der Waals surface area contributed by atoms with Gasteiger partial charge in [0.05, 0.1) is 13.5 Å². The van der Waals surface area contributed by atoms with Crippen molar-refractivity contribution in [2.75, 3.05) is 20.2 Å². The summed E-state index contributed by atoms with van der Waals surface area (Å²) in [5.41, 5.74) is 0.439. The lowest BCUT2D eigenvalue weighted by atomic mass is 10.3. The number of thioether (sulfide) groups is 1. The monoisotopic (exact) mass is 310 g/mol. The van der Waals surface area contributed by atoms with Crippen molar-refractivity contribution in [2.45, 2.75) is 37.3 Å². The highest BCUT2D eigenvalue weighted by atomic mass is 32.2. The van der Waals surface area contributed by atoms with Crippen molar-refractivity contribution >= 4 is 23.6 Å². The molecule has 0 fully saturated rings. The number of methoxy groups -OCH3 is 1. The summed E-state index contributed by atoms with van der Waals surface area (Å²) in [7, 11) is 1.38. The Morgan fingerprint density at radius 3 is 2.62 bits per heavy atom. The lowest BCUT2D eigenvalue weighted by molar-refractivity contribution is -0.140. The zero-order valence-corrected chi connectivity index (χ0v) is 13.8. The van der Waals surface area contributed by atoms with Crippen molar-refractivity contribution in [2.24, 2.45) is 0 Å². The van der Waals surface area contributed by atoms with Crippen molar-refractivity contribution < 1.29 is 14.3 Å². The lowest BCUT2D eigenvalue weighted by Crippen LogP contribution is -2.31. The third-order valence-corrected chi connectivity index (χ3v) is 4.12. The van der Waals surface area contributed by atoms with E-state index in [1.807, 2.05) is 26.8 Å². The van der Waals surface area contributed by atoms with Crippen LogP contribution in [0.1, 0.15) is 37.7 Å². The van der Waals surface area contributed by atoms with E-state index in [4.69, 9.17) is 0 Å². The van der Waals surface area contributed by atoms with Gasteiger partial charge in [-0.1, -0.05) is 6.92 Å². The average molecular weight is 310 g/mol. The second-order valence-electron chi connectivity index (χ2n) is 4.56. The van der Waals surface area contributed by atoms with Crippen LogP contribution in [0.25, 0.3) is 0 Å². The Hall–Kier alpha value is -1.56. The largest absolute Gasteiger partial charge is 0.469 e. The highest BCUT2D eigenvalue weighted by molar-refractivity contribution is 8.00. The minimum atomic E-state index is -0.233. The van der Waals surface area contributed by atoms with Crippen LogP contribution in [-0.2, 0) is 9.53 Å². The van der Waals surface area contributed by atoms with E-state index in [2.05, 4.69) is 9.72 Å². The van der Waals surface area contributed by atoms with Crippen LogP contribution in [0.5, 0.6) is 0 Å². The smallest absolute Gasteiger partial charge is 0.306 e. The number of pyridine rings is 1. The standard InChI is InChI=1S/C15H22N2O3S/c1-5-17(6-2)15(19)13-10-12(7-8-16-13)21-11(3)9-14(18)20-4/h7-8,10-11H,5-6,9H2,1-4H3. The van der Waals surface area contributed by atoms with Crippen LogP contribution < -0.4 is 0 Å². The normalized spacial score (nSPS) is 11.8. The molecule has 1 aromatic rings. The van der Waals surface area contributed by atoms with E-state index in [1.54, 1.807) is 17.2 Å². The van der Waals surface area contributed by atoms with Crippen LogP contribution in [0, 0.1) is 0 Å². The number of ether oxygens (including phenoxy) is 1. The molecule has 0 radical (unpaired) electrons. The summed E-state index contributed by atoms with van der Waals surface area (Å²) in [6.07, 6.45) is 1.97. The van der Waals surface area contributed by atoms with E-state index in [0.29, 0.717) is 25.2 Å². The van der Waals surface area contributed by atoms with Crippen molar-refractivity contribution in [1.29, 1.82) is 0 Å². The van der Waals surface area contributed by atoms with Crippen molar-refractivity contribution in [1.82, 2.24) is 9.88 Å². The molecule has 0 aliphatic rings. The van der Waals surface area contributed by atoms with Gasteiger partial charge in [-0.3, -0.25) is 14.6 Å². The first-order chi connectivity index (χ1) is 10.0. The Kier molecular flexibility index (Phi) is 7.22. The fourth-order valence-corrected chi connectivity index (χ4v) is 2.87. The Balaban J connectivity index is 2.76. The maximum Gasteiger partial charge on any atom is 0.306 e. The van der Waals surface area contributed by atoms with Gasteiger partial charge in [-0.25, -0.2) is 0 Å². The Morgan fingerprint density at radius 2 is 2.05 bits per heavy atom. The summed E-state index contributed by atoms with van der Waals surface area (Å²) in [6, 6.07) is 3.62. The number of carbonyl (C=O) groups excluding carboxylic acids is 2. The first-order valence-corrected chi connectivity index (χ1v) is 7.88. The molecule has 0 bridgehead atoms. The summed E-state index contributed by atoms with van der Waals surface area (Å²) in [4.78, 5) is 30.3. The van der Waals surface area contributed by atoms with Crippen LogP contribution in [-0.4, -0.2) is 47.2 Å². The second-order valence-corrected chi connectivity index (χ2v) is 6.07. The maximum atomic E-state index is 12.2. The number of amides is 1. The molecule has 1 amide bonds. The highest BCUT2D eigenvalue weighted by Crippen LogP contribution is 2.25. The number of aromatic nitrogens is 1. The van der Waals surface area contributed by atoms with Crippen LogP contribution in [0.2, 0.25) is 0 Å². The second kappa shape index (κ2) is 8.67. The number of esters is 1. The first-order valence-electron chi connectivity index (χ1n) is 7.00. The predicted molar refractivity (Wildman–Crippen MR) is 83.4 cm³/mol. The van der Waals surface area contributed by atoms with Gasteiger partial charge in [0.15, 0.2) is 0 Å². The van der Waals surface area contributed by atoms with Gasteiger partial charge < -0.3 is 9.64 Å². The third kappa shape index (κ3) is 5.38. The molecule has 0 aliphatic heterocycles. The molecular weight excluding hydrogens is 288 g/mol. The van der Waals surface area contributed by atoms with Gasteiger partial charge in [-0.15, -0.1) is 11.8 Å². The number of carbonyl (C=O) groups is 2. The van der Waals surface area contributed by atoms with Crippen molar-refractivity contribution in [3.05, 3.63) is 24.0 Å². The van der Waals surface area contributed by atoms with E-state index >= 15 is 0 Å². The Bertz CT molecular complexity index is 490. The molecule has 0 aliphatic carbocycles. The van der Waals surface area contributed by atoms with Gasteiger partial charge in [0.25, 0.3) is 5.91 Å². The van der Waals surface area contributed by atoms with Gasteiger partial charge in [0.1, 0.15) is 5.69 Å². The van der Waals surface area contributed by atoms with Crippen LogP contribution in [0.15, 0.2) is 23.2 Å². The summed E-state index contributed by atoms with van der Waals surface area (Å²) >= 11 is 1.53. The predicted octanol–water partition coefficient (Wildman–Crippen LogP) is 2.61. The molecule has 1 heterocycles. The van der Waals surface area contributed by atoms with Crippen molar-refractivity contribution in [3.63, 3.8) is 0 Å². The fraction of sp³-hybridized carbons (Fsp3) is 0.533. The van der Waals surface area contributed by atoms with Gasteiger partial charge in [0.2, 0.25) is 0 Å². The molecule has 0 saturated heterocycles. The van der Waals surface area contributed by atoms with Crippen molar-refractivity contribution in [3.8, 4) is 0 Å². The molecule has 21 heavy (non-hydrogen) atoms. The summed E-state index contributed by atoms with van der Waals surface area (Å²) in [6.45, 7) is 7.16. The number of nitrogens with zero attached hydrogens (tertiary/aromatic N) is 2. The zero-order chi connectivity index (χ0) is 15.8. The average Bonchev–Trinajstić information content (AvgIpc) is 2.48. The summed E-state index contributed by atoms with van der Waals surface area (Å²) in [5.74, 6) is -0.299. The maximum absolute atomic E-state index is 12.2. The van der Waals surface area contributed by atoms with E-state index in [9.17, 15) is 9.59 Å². The minimum absolute atomic E-state index is 0.0666. The molecule has 0 saturated carbocycles. The van der Waals surface area contributed by atoms with Crippen LogP contribution >= 0.6 is 11.8 Å². The van der Waals surface area contributed by atoms with Crippen LogP contribution in [0.3, 0.4) is 0 Å². The summed E-state index contributed by atoms with van der Waals surface area (Å²) in [5, 5.41) is 0.0799. The van der Waals surface area contributed by atoms with E-state index in [0.717, 1.165) is 4.90 Å². The quantitative estimate of drug-likeness (QED) is 0.572. The zero-order valence-electron chi connectivity index (χ0n) is 13.0. The topological polar surface area (TPSA) is 59.5 Å². The van der Waals surface area contributed by atoms with Gasteiger partial charge >= 0.3 is 5.97 Å². The Morgan fingerprint density at radius 1 is 1.38 bits per heavy atom. The molecule has 0 N–H and O–H groups in total. The SMILES string of the molecule is CCN(CC)C(=O)c1cc(SC(C)CC(=O)OC)ccn1. The molecule has 6 heteroatoms. The molecule has 1 atom stereocenters. The lowest BCUT2D eigenvalue weighted by Gasteiger charge is -2.18. The van der Waals surface area contributed by atoms with Gasteiger partial charge in [0, 0.05) is 29.4 Å². The van der Waals surface area contributed by atoms with Crippen LogP contribution in [0.4, 0.5) is 0 Å². The Labute approximate surface area is 130 Å². The first kappa shape index (κ1) is 17.5. The molecule has 0 spiro atoms. The number of hydrogen-bond donors (Lipinski definition) is 0. The molecule has 0 aromatic carbocycles. The van der Waals surface area contributed by atoms with E-state index in [1.165, 1.54) is 18.9 Å². The minimum Gasteiger partial charge on any atom is -0.469 e. The highest BCUT2D eigenvalue weighted by Gasteiger charge is 2.16. The van der Waals surface area contributed by atoms with E-state index < -0.39 is 0 Å². The molecule has 116 valence electrons. The third-order valence-electron chi connectivity index (χ3n) is 3.02. The van der Waals surface area contributed by atoms with Gasteiger partial charge in [-0.2, -0.15) is 0 Å².